The summed E-state index contributed by atoms with van der Waals surface area (Å²) < 4.78 is 0. The average molecular weight is 254 g/mol. The van der Waals surface area contributed by atoms with Crippen molar-refractivity contribution in [3.63, 3.8) is 0 Å². The quantitative estimate of drug-likeness (QED) is 0.672. The Hall–Kier alpha value is -1.66. The van der Waals surface area contributed by atoms with Crippen LogP contribution in [0.3, 0.4) is 0 Å². The summed E-state index contributed by atoms with van der Waals surface area (Å²) >= 11 is 4.94. The number of phenols is 1. The van der Waals surface area contributed by atoms with E-state index in [9.17, 15) is 9.90 Å². The molecule has 0 saturated heterocycles. The van der Waals surface area contributed by atoms with E-state index in [0.717, 1.165) is 5.56 Å². The van der Waals surface area contributed by atoms with Crippen molar-refractivity contribution in [1.82, 2.24) is 4.90 Å². The molecule has 92 valence electrons. The van der Waals surface area contributed by atoms with E-state index in [2.05, 4.69) is 0 Å². The fourth-order valence-corrected chi connectivity index (χ4v) is 1.91. The molecular formula is C11H14N2O3S. The predicted octanol–water partition coefficient (Wildman–Crippen LogP) is 0.736. The number of hydrogen-bond acceptors (Lipinski definition) is 4. The molecule has 0 aliphatic rings. The van der Waals surface area contributed by atoms with Gasteiger partial charge in [0.1, 0.15) is 5.75 Å². The van der Waals surface area contributed by atoms with Crippen LogP contribution in [-0.4, -0.2) is 39.7 Å². The highest BCUT2D eigenvalue weighted by atomic mass is 32.1. The summed E-state index contributed by atoms with van der Waals surface area (Å²) in [7, 11) is 1.63. The fourth-order valence-electron chi connectivity index (χ4n) is 1.60. The molecule has 0 aliphatic carbocycles. The van der Waals surface area contributed by atoms with Gasteiger partial charge in [-0.3, -0.25) is 9.69 Å². The summed E-state index contributed by atoms with van der Waals surface area (Å²) in [6.07, 6.45) is 0. The van der Waals surface area contributed by atoms with Crippen molar-refractivity contribution < 1.29 is 15.0 Å². The molecular weight excluding hydrogens is 240 g/mol. The SMILES string of the molecule is CN(CC(=O)O)C(C(N)=S)c1ccc(O)cc1. The van der Waals surface area contributed by atoms with Crippen LogP contribution in [0.15, 0.2) is 24.3 Å². The molecule has 1 unspecified atom stereocenters. The van der Waals surface area contributed by atoms with Crippen LogP contribution in [0.2, 0.25) is 0 Å². The molecule has 17 heavy (non-hydrogen) atoms. The molecule has 1 aromatic carbocycles. The zero-order valence-corrected chi connectivity index (χ0v) is 10.1. The lowest BCUT2D eigenvalue weighted by atomic mass is 10.1. The van der Waals surface area contributed by atoms with Gasteiger partial charge in [-0.1, -0.05) is 24.4 Å². The first-order chi connectivity index (χ1) is 7.91. The number of hydrogen-bond donors (Lipinski definition) is 3. The Morgan fingerprint density at radius 1 is 1.47 bits per heavy atom. The number of thiocarbonyl (C=S) groups is 1. The van der Waals surface area contributed by atoms with E-state index in [1.807, 2.05) is 0 Å². The first kappa shape index (κ1) is 13.4. The van der Waals surface area contributed by atoms with Gasteiger partial charge in [0.15, 0.2) is 0 Å². The molecule has 0 aliphatic heterocycles. The molecule has 1 atom stereocenters. The van der Waals surface area contributed by atoms with Crippen LogP contribution in [0.1, 0.15) is 11.6 Å². The van der Waals surface area contributed by atoms with E-state index in [1.165, 1.54) is 17.0 Å². The number of nitrogens with zero attached hydrogens (tertiary/aromatic N) is 1. The highest BCUT2D eigenvalue weighted by Crippen LogP contribution is 2.21. The summed E-state index contributed by atoms with van der Waals surface area (Å²) in [5.74, 6) is -0.816. The molecule has 0 aromatic heterocycles. The Kier molecular flexibility index (Phi) is 4.42. The van der Waals surface area contributed by atoms with Crippen molar-refractivity contribution in [3.05, 3.63) is 29.8 Å². The van der Waals surface area contributed by atoms with Crippen LogP contribution < -0.4 is 5.73 Å². The van der Waals surface area contributed by atoms with Crippen LogP contribution >= 0.6 is 12.2 Å². The minimum Gasteiger partial charge on any atom is -0.508 e. The number of carboxylic acid groups (broad SMARTS) is 1. The minimum atomic E-state index is -0.951. The second-order valence-electron chi connectivity index (χ2n) is 3.71. The van der Waals surface area contributed by atoms with Crippen LogP contribution in [0.5, 0.6) is 5.75 Å². The smallest absolute Gasteiger partial charge is 0.317 e. The third-order valence-electron chi connectivity index (χ3n) is 2.30. The number of aliphatic carboxylic acids is 1. The molecule has 0 amide bonds. The van der Waals surface area contributed by atoms with E-state index in [-0.39, 0.29) is 17.3 Å². The van der Waals surface area contributed by atoms with E-state index in [4.69, 9.17) is 23.1 Å². The normalized spacial score (nSPS) is 12.4. The third kappa shape index (κ3) is 3.69. The van der Waals surface area contributed by atoms with Crippen LogP contribution in [-0.2, 0) is 4.79 Å². The molecule has 0 bridgehead atoms. The van der Waals surface area contributed by atoms with Gasteiger partial charge < -0.3 is 15.9 Å². The second kappa shape index (κ2) is 5.60. The number of phenolic OH excluding ortho intramolecular Hbond substituents is 1. The lowest BCUT2D eigenvalue weighted by Gasteiger charge is -2.25. The number of aromatic hydroxyl groups is 1. The van der Waals surface area contributed by atoms with Gasteiger partial charge in [0.2, 0.25) is 0 Å². The average Bonchev–Trinajstić information content (AvgIpc) is 2.19. The van der Waals surface area contributed by atoms with Crippen molar-refractivity contribution in [1.29, 1.82) is 0 Å². The predicted molar refractivity (Wildman–Crippen MR) is 67.9 cm³/mol. The summed E-state index contributed by atoms with van der Waals surface area (Å²) in [5, 5.41) is 17.9. The van der Waals surface area contributed by atoms with Gasteiger partial charge in [-0.25, -0.2) is 0 Å². The molecule has 4 N–H and O–H groups in total. The number of likely N-dealkylation sites (N-methyl/N-ethyl adjacent to an activating group) is 1. The van der Waals surface area contributed by atoms with Gasteiger partial charge in [-0.2, -0.15) is 0 Å². The Balaban J connectivity index is 2.96. The van der Waals surface area contributed by atoms with Gasteiger partial charge >= 0.3 is 5.97 Å². The molecule has 1 rings (SSSR count). The van der Waals surface area contributed by atoms with Crippen LogP contribution in [0.4, 0.5) is 0 Å². The number of carboxylic acids is 1. The number of nitrogens with two attached hydrogens (primary N) is 1. The number of rotatable bonds is 5. The zero-order chi connectivity index (χ0) is 13.0. The lowest BCUT2D eigenvalue weighted by Crippen LogP contribution is -2.37. The summed E-state index contributed by atoms with van der Waals surface area (Å²) in [4.78, 5) is 12.4. The second-order valence-corrected chi connectivity index (χ2v) is 4.18. The largest absolute Gasteiger partial charge is 0.508 e. The molecule has 0 fully saturated rings. The molecule has 0 spiro atoms. The van der Waals surface area contributed by atoms with Gasteiger partial charge in [0.05, 0.1) is 17.6 Å². The molecule has 6 heteroatoms. The van der Waals surface area contributed by atoms with Crippen LogP contribution in [0, 0.1) is 0 Å². The molecule has 0 heterocycles. The Bertz CT molecular complexity index is 419. The van der Waals surface area contributed by atoms with Gasteiger partial charge in [-0.05, 0) is 24.7 Å². The summed E-state index contributed by atoms with van der Waals surface area (Å²) in [6, 6.07) is 5.89. The van der Waals surface area contributed by atoms with E-state index >= 15 is 0 Å². The van der Waals surface area contributed by atoms with Crippen molar-refractivity contribution in [3.8, 4) is 5.75 Å². The number of benzene rings is 1. The van der Waals surface area contributed by atoms with Gasteiger partial charge in [-0.15, -0.1) is 0 Å². The maximum atomic E-state index is 10.7. The summed E-state index contributed by atoms with van der Waals surface area (Å²) in [5.41, 5.74) is 6.37. The first-order valence-corrected chi connectivity index (χ1v) is 5.33. The zero-order valence-electron chi connectivity index (χ0n) is 9.33. The van der Waals surface area contributed by atoms with Gasteiger partial charge in [0.25, 0.3) is 0 Å². The first-order valence-electron chi connectivity index (χ1n) is 4.92. The standard InChI is InChI=1S/C11H14N2O3S/c1-13(6-9(15)16)10(11(12)17)7-2-4-8(14)5-3-7/h2-5,10,14H,6H2,1H3,(H2,12,17)(H,15,16). The van der Waals surface area contributed by atoms with E-state index < -0.39 is 12.0 Å². The maximum absolute atomic E-state index is 10.7. The number of carbonyl (C=O) groups is 1. The lowest BCUT2D eigenvalue weighted by molar-refractivity contribution is -0.138. The molecule has 0 radical (unpaired) electrons. The Labute approximate surface area is 104 Å². The van der Waals surface area contributed by atoms with E-state index in [1.54, 1.807) is 19.2 Å². The van der Waals surface area contributed by atoms with Crippen molar-refractivity contribution >= 4 is 23.2 Å². The summed E-state index contributed by atoms with van der Waals surface area (Å²) in [6.45, 7) is -0.164. The molecule has 5 nitrogen and oxygen atoms in total. The topological polar surface area (TPSA) is 86.8 Å². The highest BCUT2D eigenvalue weighted by molar-refractivity contribution is 7.80. The highest BCUT2D eigenvalue weighted by Gasteiger charge is 2.21. The Morgan fingerprint density at radius 3 is 2.41 bits per heavy atom. The third-order valence-corrected chi connectivity index (χ3v) is 2.53. The van der Waals surface area contributed by atoms with Crippen molar-refractivity contribution in [2.75, 3.05) is 13.6 Å². The molecule has 1 aromatic rings. The van der Waals surface area contributed by atoms with E-state index in [0.29, 0.717) is 0 Å². The molecule has 0 saturated carbocycles. The minimum absolute atomic E-state index is 0.135. The fraction of sp³-hybridized carbons (Fsp3) is 0.273. The van der Waals surface area contributed by atoms with Gasteiger partial charge in [0, 0.05) is 0 Å². The maximum Gasteiger partial charge on any atom is 0.317 e. The Morgan fingerprint density at radius 2 is 2.00 bits per heavy atom. The van der Waals surface area contributed by atoms with Crippen molar-refractivity contribution in [2.45, 2.75) is 6.04 Å². The monoisotopic (exact) mass is 254 g/mol. The van der Waals surface area contributed by atoms with Crippen molar-refractivity contribution in [2.24, 2.45) is 5.73 Å². The van der Waals surface area contributed by atoms with Crippen LogP contribution in [0.25, 0.3) is 0 Å².